The van der Waals surface area contributed by atoms with Gasteiger partial charge in [0, 0.05) is 5.54 Å². The van der Waals surface area contributed by atoms with Crippen molar-refractivity contribution in [1.29, 1.82) is 0 Å². The van der Waals surface area contributed by atoms with Gasteiger partial charge in [-0.25, -0.2) is 0 Å². The van der Waals surface area contributed by atoms with E-state index in [9.17, 15) is 0 Å². The first-order chi connectivity index (χ1) is 6.35. The van der Waals surface area contributed by atoms with Crippen molar-refractivity contribution in [3.05, 3.63) is 0 Å². The van der Waals surface area contributed by atoms with E-state index < -0.39 is 0 Å². The standard InChI is InChI=1S/C12H25NO/c1-5-7-12(4,13)9-10-6-8-11(2,3)14-10/h10H,5-9,13H2,1-4H3. The third-order valence-electron chi connectivity index (χ3n) is 3.07. The molecule has 14 heavy (non-hydrogen) atoms. The molecule has 2 N–H and O–H groups in total. The highest BCUT2D eigenvalue weighted by Gasteiger charge is 2.34. The SMILES string of the molecule is CCCC(C)(N)CC1CCC(C)(C)O1. The molecular weight excluding hydrogens is 174 g/mol. The van der Waals surface area contributed by atoms with Crippen LogP contribution in [0.15, 0.2) is 0 Å². The second kappa shape index (κ2) is 4.19. The van der Waals surface area contributed by atoms with Gasteiger partial charge in [0.05, 0.1) is 11.7 Å². The maximum absolute atomic E-state index is 6.22. The van der Waals surface area contributed by atoms with Crippen molar-refractivity contribution in [2.45, 2.75) is 77.0 Å². The van der Waals surface area contributed by atoms with Crippen LogP contribution in [-0.2, 0) is 4.74 Å². The normalized spacial score (nSPS) is 30.2. The third-order valence-corrected chi connectivity index (χ3v) is 3.07. The molecule has 1 rings (SSSR count). The van der Waals surface area contributed by atoms with Gasteiger partial charge < -0.3 is 10.5 Å². The maximum Gasteiger partial charge on any atom is 0.0631 e. The minimum absolute atomic E-state index is 0.0418. The average molecular weight is 199 g/mol. The Bertz CT molecular complexity index is 187. The van der Waals surface area contributed by atoms with Crippen molar-refractivity contribution in [1.82, 2.24) is 0 Å². The number of hydrogen-bond acceptors (Lipinski definition) is 2. The summed E-state index contributed by atoms with van der Waals surface area (Å²) in [6.45, 7) is 8.66. The monoisotopic (exact) mass is 199 g/mol. The molecule has 84 valence electrons. The van der Waals surface area contributed by atoms with Crippen molar-refractivity contribution in [3.8, 4) is 0 Å². The zero-order valence-corrected chi connectivity index (χ0v) is 10.1. The van der Waals surface area contributed by atoms with Crippen molar-refractivity contribution in [2.75, 3.05) is 0 Å². The lowest BCUT2D eigenvalue weighted by Crippen LogP contribution is -2.40. The van der Waals surface area contributed by atoms with Gasteiger partial charge in [-0.1, -0.05) is 13.3 Å². The van der Waals surface area contributed by atoms with Gasteiger partial charge in [0.2, 0.25) is 0 Å². The lowest BCUT2D eigenvalue weighted by Gasteiger charge is -2.28. The second-order valence-electron chi connectivity index (χ2n) is 5.65. The molecule has 0 bridgehead atoms. The fourth-order valence-corrected chi connectivity index (χ4v) is 2.41. The minimum Gasteiger partial charge on any atom is -0.372 e. The molecule has 1 saturated heterocycles. The van der Waals surface area contributed by atoms with Crippen LogP contribution in [0.3, 0.4) is 0 Å². The molecule has 0 aromatic heterocycles. The summed E-state index contributed by atoms with van der Waals surface area (Å²) in [6.07, 6.45) is 5.97. The smallest absolute Gasteiger partial charge is 0.0631 e. The van der Waals surface area contributed by atoms with Crippen LogP contribution in [0.25, 0.3) is 0 Å². The molecule has 0 amide bonds. The van der Waals surface area contributed by atoms with E-state index in [1.807, 2.05) is 0 Å². The van der Waals surface area contributed by atoms with Gasteiger partial charge in [-0.15, -0.1) is 0 Å². The Kier molecular flexibility index (Phi) is 3.59. The molecule has 2 unspecified atom stereocenters. The highest BCUT2D eigenvalue weighted by atomic mass is 16.5. The summed E-state index contributed by atoms with van der Waals surface area (Å²) >= 11 is 0. The molecule has 1 aliphatic rings. The summed E-state index contributed by atoms with van der Waals surface area (Å²) in [6, 6.07) is 0. The molecular formula is C12H25NO. The fraction of sp³-hybridized carbons (Fsp3) is 1.00. The Morgan fingerprint density at radius 1 is 1.50 bits per heavy atom. The van der Waals surface area contributed by atoms with Gasteiger partial charge in [-0.05, 0) is 46.5 Å². The largest absolute Gasteiger partial charge is 0.372 e. The van der Waals surface area contributed by atoms with Gasteiger partial charge in [0.15, 0.2) is 0 Å². The molecule has 0 radical (unpaired) electrons. The van der Waals surface area contributed by atoms with Crippen molar-refractivity contribution in [2.24, 2.45) is 5.73 Å². The van der Waals surface area contributed by atoms with Crippen LogP contribution in [-0.4, -0.2) is 17.2 Å². The highest BCUT2D eigenvalue weighted by Crippen LogP contribution is 2.33. The number of ether oxygens (including phenoxy) is 1. The van der Waals surface area contributed by atoms with E-state index in [0.29, 0.717) is 6.10 Å². The third kappa shape index (κ3) is 3.58. The van der Waals surface area contributed by atoms with E-state index >= 15 is 0 Å². The van der Waals surface area contributed by atoms with Crippen LogP contribution in [0.4, 0.5) is 0 Å². The second-order valence-corrected chi connectivity index (χ2v) is 5.65. The first kappa shape index (κ1) is 12.0. The molecule has 1 heterocycles. The lowest BCUT2D eigenvalue weighted by molar-refractivity contribution is -0.0262. The van der Waals surface area contributed by atoms with Gasteiger partial charge in [-0.3, -0.25) is 0 Å². The lowest BCUT2D eigenvalue weighted by atomic mass is 9.89. The first-order valence-corrected chi connectivity index (χ1v) is 5.81. The molecule has 0 aromatic carbocycles. The van der Waals surface area contributed by atoms with Gasteiger partial charge in [0.25, 0.3) is 0 Å². The molecule has 0 spiro atoms. The molecule has 0 saturated carbocycles. The van der Waals surface area contributed by atoms with E-state index in [0.717, 1.165) is 19.3 Å². The van der Waals surface area contributed by atoms with E-state index in [4.69, 9.17) is 10.5 Å². The molecule has 2 atom stereocenters. The average Bonchev–Trinajstić information content (AvgIpc) is 2.28. The number of rotatable bonds is 4. The summed E-state index contributed by atoms with van der Waals surface area (Å²) in [5, 5.41) is 0. The quantitative estimate of drug-likeness (QED) is 0.755. The Hall–Kier alpha value is -0.0800. The Morgan fingerprint density at radius 2 is 2.14 bits per heavy atom. The van der Waals surface area contributed by atoms with E-state index in [1.54, 1.807) is 0 Å². The fourth-order valence-electron chi connectivity index (χ4n) is 2.41. The van der Waals surface area contributed by atoms with Crippen molar-refractivity contribution >= 4 is 0 Å². The Labute approximate surface area is 88.2 Å². The van der Waals surface area contributed by atoms with Crippen LogP contribution in [0.2, 0.25) is 0 Å². The molecule has 0 aliphatic carbocycles. The van der Waals surface area contributed by atoms with E-state index in [-0.39, 0.29) is 11.1 Å². The highest BCUT2D eigenvalue weighted by molar-refractivity contribution is 4.88. The molecule has 0 aromatic rings. The topological polar surface area (TPSA) is 35.2 Å². The first-order valence-electron chi connectivity index (χ1n) is 5.81. The summed E-state index contributed by atoms with van der Waals surface area (Å²) in [5.74, 6) is 0. The summed E-state index contributed by atoms with van der Waals surface area (Å²) in [7, 11) is 0. The Balaban J connectivity index is 2.39. The van der Waals surface area contributed by atoms with Crippen LogP contribution in [0, 0.1) is 0 Å². The van der Waals surface area contributed by atoms with Gasteiger partial charge in [-0.2, -0.15) is 0 Å². The summed E-state index contributed by atoms with van der Waals surface area (Å²) in [5.41, 5.74) is 6.25. The van der Waals surface area contributed by atoms with Crippen LogP contribution >= 0.6 is 0 Å². The zero-order valence-electron chi connectivity index (χ0n) is 10.1. The van der Waals surface area contributed by atoms with Crippen LogP contribution < -0.4 is 5.73 Å². The molecule has 1 fully saturated rings. The van der Waals surface area contributed by atoms with Crippen LogP contribution in [0.1, 0.15) is 59.8 Å². The molecule has 1 aliphatic heterocycles. The summed E-state index contributed by atoms with van der Waals surface area (Å²) < 4.78 is 5.95. The molecule has 2 heteroatoms. The zero-order chi connectivity index (χ0) is 10.8. The van der Waals surface area contributed by atoms with Crippen LogP contribution in [0.5, 0.6) is 0 Å². The minimum atomic E-state index is -0.0418. The van der Waals surface area contributed by atoms with Crippen molar-refractivity contribution in [3.63, 3.8) is 0 Å². The summed E-state index contributed by atoms with van der Waals surface area (Å²) in [4.78, 5) is 0. The van der Waals surface area contributed by atoms with E-state index in [1.165, 1.54) is 12.8 Å². The van der Waals surface area contributed by atoms with Gasteiger partial charge in [0.1, 0.15) is 0 Å². The maximum atomic E-state index is 6.22. The number of nitrogens with two attached hydrogens (primary N) is 1. The molecule has 2 nitrogen and oxygen atoms in total. The predicted octanol–water partition coefficient (Wildman–Crippen LogP) is 2.85. The number of hydrogen-bond donors (Lipinski definition) is 1. The van der Waals surface area contributed by atoms with Gasteiger partial charge >= 0.3 is 0 Å². The predicted molar refractivity (Wildman–Crippen MR) is 60.3 cm³/mol. The van der Waals surface area contributed by atoms with E-state index in [2.05, 4.69) is 27.7 Å². The van der Waals surface area contributed by atoms with Crippen molar-refractivity contribution < 1.29 is 4.74 Å². The Morgan fingerprint density at radius 3 is 2.57 bits per heavy atom.